The number of rotatable bonds is 11. The fraction of sp³-hybridized carbons (Fsp3) is 0.417. The Hall–Kier alpha value is -2.62. The predicted molar refractivity (Wildman–Crippen MR) is 113 cm³/mol. The minimum Gasteiger partial charge on any atom is -0.494 e. The third-order valence-electron chi connectivity index (χ3n) is 4.78. The number of nitrogens with zero attached hydrogens (tertiary/aromatic N) is 2. The Bertz CT molecular complexity index is 823. The van der Waals surface area contributed by atoms with Gasteiger partial charge in [-0.15, -0.1) is 10.2 Å². The molecule has 0 radical (unpaired) electrons. The molecule has 0 aliphatic carbocycles. The summed E-state index contributed by atoms with van der Waals surface area (Å²) in [6, 6.07) is 16.2. The molecule has 4 heteroatoms. The van der Waals surface area contributed by atoms with Gasteiger partial charge in [0, 0.05) is 11.1 Å². The van der Waals surface area contributed by atoms with E-state index in [0.717, 1.165) is 42.7 Å². The highest BCUT2D eigenvalue weighted by Crippen LogP contribution is 2.26. The van der Waals surface area contributed by atoms with Gasteiger partial charge in [-0.05, 0) is 54.8 Å². The molecule has 0 aliphatic heterocycles. The Balaban J connectivity index is 1.56. The number of aryl methyl sites for hydroxylation is 1. The Morgan fingerprint density at radius 2 is 1.32 bits per heavy atom. The van der Waals surface area contributed by atoms with Crippen molar-refractivity contribution in [3.63, 3.8) is 0 Å². The average molecular weight is 379 g/mol. The third kappa shape index (κ3) is 5.69. The molecular weight excluding hydrogens is 348 g/mol. The summed E-state index contributed by atoms with van der Waals surface area (Å²) in [5, 5.41) is 8.40. The first-order chi connectivity index (χ1) is 13.8. The lowest BCUT2D eigenvalue weighted by atomic mass is 10.1. The smallest absolute Gasteiger partial charge is 0.248 e. The maximum absolute atomic E-state index is 5.87. The van der Waals surface area contributed by atoms with E-state index in [1.165, 1.54) is 31.2 Å². The van der Waals surface area contributed by atoms with E-state index in [4.69, 9.17) is 9.15 Å². The zero-order valence-corrected chi connectivity index (χ0v) is 17.0. The topological polar surface area (TPSA) is 48.2 Å². The molecule has 0 saturated carbocycles. The van der Waals surface area contributed by atoms with E-state index in [1.807, 2.05) is 36.4 Å². The first-order valence-corrected chi connectivity index (χ1v) is 10.5. The van der Waals surface area contributed by atoms with Gasteiger partial charge in [-0.25, -0.2) is 0 Å². The maximum atomic E-state index is 5.87. The zero-order chi connectivity index (χ0) is 19.6. The first kappa shape index (κ1) is 20.1. The molecular formula is C24H30N2O2. The molecule has 1 aromatic heterocycles. The molecule has 3 rings (SSSR count). The normalized spacial score (nSPS) is 10.9. The third-order valence-corrected chi connectivity index (χ3v) is 4.78. The van der Waals surface area contributed by atoms with Crippen molar-refractivity contribution in [1.82, 2.24) is 10.2 Å². The van der Waals surface area contributed by atoms with Crippen LogP contribution in [0.1, 0.15) is 57.9 Å². The largest absolute Gasteiger partial charge is 0.494 e. The van der Waals surface area contributed by atoms with Gasteiger partial charge in [0.25, 0.3) is 0 Å². The van der Waals surface area contributed by atoms with Crippen LogP contribution in [-0.4, -0.2) is 16.8 Å². The van der Waals surface area contributed by atoms with Crippen LogP contribution in [0.5, 0.6) is 5.75 Å². The van der Waals surface area contributed by atoms with Crippen molar-refractivity contribution >= 4 is 0 Å². The number of aromatic nitrogens is 2. The van der Waals surface area contributed by atoms with Crippen LogP contribution in [-0.2, 0) is 6.42 Å². The van der Waals surface area contributed by atoms with Crippen molar-refractivity contribution in [3.05, 3.63) is 54.1 Å². The highest BCUT2D eigenvalue weighted by molar-refractivity contribution is 5.58. The van der Waals surface area contributed by atoms with Gasteiger partial charge in [0.2, 0.25) is 11.8 Å². The molecule has 3 aromatic rings. The van der Waals surface area contributed by atoms with Crippen LogP contribution in [0.2, 0.25) is 0 Å². The Morgan fingerprint density at radius 3 is 1.93 bits per heavy atom. The predicted octanol–water partition coefficient (Wildman–Crippen LogP) is 6.71. The van der Waals surface area contributed by atoms with Crippen LogP contribution in [0.4, 0.5) is 0 Å². The lowest BCUT2D eigenvalue weighted by Crippen LogP contribution is -1.97. The van der Waals surface area contributed by atoms with Gasteiger partial charge in [0.15, 0.2) is 0 Å². The molecule has 0 unspecified atom stereocenters. The number of hydrogen-bond donors (Lipinski definition) is 0. The van der Waals surface area contributed by atoms with Crippen LogP contribution < -0.4 is 4.74 Å². The van der Waals surface area contributed by atoms with Crippen molar-refractivity contribution in [3.8, 4) is 28.7 Å². The van der Waals surface area contributed by atoms with E-state index in [9.17, 15) is 0 Å². The second-order valence-electron chi connectivity index (χ2n) is 7.15. The van der Waals surface area contributed by atoms with Gasteiger partial charge in [0.1, 0.15) is 5.75 Å². The molecule has 0 amide bonds. The summed E-state index contributed by atoms with van der Waals surface area (Å²) in [6.07, 6.45) is 8.43. The van der Waals surface area contributed by atoms with Gasteiger partial charge in [-0.2, -0.15) is 0 Å². The highest BCUT2D eigenvalue weighted by Gasteiger charge is 2.10. The summed E-state index contributed by atoms with van der Waals surface area (Å²) in [5.74, 6) is 1.95. The van der Waals surface area contributed by atoms with Crippen molar-refractivity contribution in [2.45, 2.75) is 58.8 Å². The second-order valence-corrected chi connectivity index (χ2v) is 7.15. The molecule has 0 atom stereocenters. The van der Waals surface area contributed by atoms with E-state index < -0.39 is 0 Å². The fourth-order valence-corrected chi connectivity index (χ4v) is 3.15. The Labute approximate surface area is 168 Å². The Kier molecular flexibility index (Phi) is 7.65. The molecule has 28 heavy (non-hydrogen) atoms. The number of benzene rings is 2. The van der Waals surface area contributed by atoms with E-state index in [-0.39, 0.29) is 0 Å². The summed E-state index contributed by atoms with van der Waals surface area (Å²) in [5.41, 5.74) is 3.17. The average Bonchev–Trinajstić information content (AvgIpc) is 3.22. The second kappa shape index (κ2) is 10.6. The molecule has 0 saturated heterocycles. The molecule has 1 heterocycles. The van der Waals surface area contributed by atoms with Gasteiger partial charge in [-0.3, -0.25) is 0 Å². The Morgan fingerprint density at radius 1 is 0.714 bits per heavy atom. The van der Waals surface area contributed by atoms with Crippen molar-refractivity contribution < 1.29 is 9.15 Å². The van der Waals surface area contributed by atoms with Crippen molar-refractivity contribution in [2.75, 3.05) is 6.61 Å². The highest BCUT2D eigenvalue weighted by atomic mass is 16.5. The summed E-state index contributed by atoms with van der Waals surface area (Å²) in [4.78, 5) is 0. The van der Waals surface area contributed by atoms with E-state index in [0.29, 0.717) is 11.8 Å². The van der Waals surface area contributed by atoms with Gasteiger partial charge >= 0.3 is 0 Å². The zero-order valence-electron chi connectivity index (χ0n) is 17.0. The molecule has 0 bridgehead atoms. The van der Waals surface area contributed by atoms with Crippen LogP contribution in [0.15, 0.2) is 52.9 Å². The minimum absolute atomic E-state index is 0.527. The standard InChI is InChI=1S/C24H30N2O2/c1-3-5-6-7-8-18-27-22-16-14-21(15-17-22)24-26-25-23(28-24)20-12-10-19(9-4-2)11-13-20/h10-17H,3-9,18H2,1-2H3. The molecule has 4 nitrogen and oxygen atoms in total. The van der Waals surface area contributed by atoms with E-state index >= 15 is 0 Å². The monoisotopic (exact) mass is 378 g/mol. The van der Waals surface area contributed by atoms with Crippen LogP contribution >= 0.6 is 0 Å². The molecule has 0 N–H and O–H groups in total. The lowest BCUT2D eigenvalue weighted by molar-refractivity contribution is 0.304. The number of hydrogen-bond acceptors (Lipinski definition) is 4. The van der Waals surface area contributed by atoms with Gasteiger partial charge in [-0.1, -0.05) is 58.1 Å². The summed E-state index contributed by atoms with van der Waals surface area (Å²) >= 11 is 0. The quantitative estimate of drug-likeness (QED) is 0.348. The number of unbranched alkanes of at least 4 members (excludes halogenated alkanes) is 4. The van der Waals surface area contributed by atoms with Crippen molar-refractivity contribution in [1.29, 1.82) is 0 Å². The van der Waals surface area contributed by atoms with Crippen molar-refractivity contribution in [2.24, 2.45) is 0 Å². The summed E-state index contributed by atoms with van der Waals surface area (Å²) in [7, 11) is 0. The maximum Gasteiger partial charge on any atom is 0.248 e. The lowest BCUT2D eigenvalue weighted by Gasteiger charge is -2.06. The van der Waals surface area contributed by atoms with Crippen LogP contribution in [0, 0.1) is 0 Å². The SMILES string of the molecule is CCCCCCCOc1ccc(-c2nnc(-c3ccc(CCC)cc3)o2)cc1. The minimum atomic E-state index is 0.527. The van der Waals surface area contributed by atoms with Gasteiger partial charge < -0.3 is 9.15 Å². The van der Waals surface area contributed by atoms with Crippen LogP contribution in [0.25, 0.3) is 22.9 Å². The number of ether oxygens (including phenoxy) is 1. The first-order valence-electron chi connectivity index (χ1n) is 10.5. The van der Waals surface area contributed by atoms with Crippen LogP contribution in [0.3, 0.4) is 0 Å². The summed E-state index contributed by atoms with van der Waals surface area (Å²) < 4.78 is 11.7. The molecule has 0 aliphatic rings. The molecule has 0 spiro atoms. The fourth-order valence-electron chi connectivity index (χ4n) is 3.15. The summed E-state index contributed by atoms with van der Waals surface area (Å²) in [6.45, 7) is 5.18. The van der Waals surface area contributed by atoms with Gasteiger partial charge in [0.05, 0.1) is 6.61 Å². The molecule has 148 valence electrons. The molecule has 2 aromatic carbocycles. The van der Waals surface area contributed by atoms with E-state index in [1.54, 1.807) is 0 Å². The molecule has 0 fully saturated rings. The van der Waals surface area contributed by atoms with E-state index in [2.05, 4.69) is 36.2 Å².